The van der Waals surface area contributed by atoms with Crippen LogP contribution in [0.5, 0.6) is 5.75 Å². The predicted molar refractivity (Wildman–Crippen MR) is 95.1 cm³/mol. The van der Waals surface area contributed by atoms with Gasteiger partial charge < -0.3 is 15.4 Å². The maximum absolute atomic E-state index is 12.1. The van der Waals surface area contributed by atoms with Crippen molar-refractivity contribution in [3.05, 3.63) is 41.2 Å². The SMILES string of the molecule is COc1ccc(Nc2nccc(C(=O)NCCC(C)C)n2)cc1Cl. The number of hydrogen-bond acceptors (Lipinski definition) is 5. The molecule has 0 saturated heterocycles. The van der Waals surface area contributed by atoms with Crippen LogP contribution in [0.4, 0.5) is 11.6 Å². The first kappa shape index (κ1) is 18.0. The van der Waals surface area contributed by atoms with E-state index in [0.29, 0.717) is 40.6 Å². The van der Waals surface area contributed by atoms with Crippen LogP contribution in [0.25, 0.3) is 0 Å². The summed E-state index contributed by atoms with van der Waals surface area (Å²) < 4.78 is 5.11. The second-order valence-corrected chi connectivity index (χ2v) is 6.09. The number of amides is 1. The molecule has 1 aromatic heterocycles. The maximum atomic E-state index is 12.1. The minimum atomic E-state index is -0.214. The lowest BCUT2D eigenvalue weighted by Crippen LogP contribution is -2.26. The summed E-state index contributed by atoms with van der Waals surface area (Å²) in [5, 5.41) is 6.35. The summed E-state index contributed by atoms with van der Waals surface area (Å²) in [5.41, 5.74) is 1.02. The van der Waals surface area contributed by atoms with Gasteiger partial charge in [0.15, 0.2) is 0 Å². The number of carbonyl (C=O) groups is 1. The summed E-state index contributed by atoms with van der Waals surface area (Å²) in [4.78, 5) is 20.5. The third kappa shape index (κ3) is 5.09. The Kier molecular flexibility index (Phi) is 6.37. The van der Waals surface area contributed by atoms with Crippen LogP contribution in [-0.4, -0.2) is 29.5 Å². The van der Waals surface area contributed by atoms with Crippen LogP contribution in [-0.2, 0) is 0 Å². The molecule has 0 radical (unpaired) electrons. The smallest absolute Gasteiger partial charge is 0.270 e. The average molecular weight is 349 g/mol. The number of carbonyl (C=O) groups excluding carboxylic acids is 1. The number of hydrogen-bond donors (Lipinski definition) is 2. The van der Waals surface area contributed by atoms with Crippen molar-refractivity contribution >= 4 is 29.1 Å². The van der Waals surface area contributed by atoms with E-state index in [-0.39, 0.29) is 5.91 Å². The van der Waals surface area contributed by atoms with Gasteiger partial charge in [-0.05, 0) is 36.6 Å². The standard InChI is InChI=1S/C17H21ClN4O2/c1-11(2)6-8-19-16(23)14-7-9-20-17(22-14)21-12-4-5-15(24-3)13(18)10-12/h4-5,7,9-11H,6,8H2,1-3H3,(H,19,23)(H,20,21,22). The summed E-state index contributed by atoms with van der Waals surface area (Å²) in [6.45, 7) is 4.84. The topological polar surface area (TPSA) is 76.1 Å². The van der Waals surface area contributed by atoms with Crippen LogP contribution in [0.3, 0.4) is 0 Å². The van der Waals surface area contributed by atoms with E-state index in [4.69, 9.17) is 16.3 Å². The van der Waals surface area contributed by atoms with Crippen LogP contribution < -0.4 is 15.4 Å². The summed E-state index contributed by atoms with van der Waals surface area (Å²) in [5.74, 6) is 1.23. The Bertz CT molecular complexity index is 707. The Morgan fingerprint density at radius 3 is 2.79 bits per heavy atom. The van der Waals surface area contributed by atoms with E-state index >= 15 is 0 Å². The molecule has 0 aliphatic carbocycles. The van der Waals surface area contributed by atoms with E-state index in [1.165, 1.54) is 6.20 Å². The molecule has 6 nitrogen and oxygen atoms in total. The number of rotatable bonds is 7. The molecule has 0 atom stereocenters. The van der Waals surface area contributed by atoms with Crippen molar-refractivity contribution in [2.45, 2.75) is 20.3 Å². The molecule has 0 fully saturated rings. The third-order valence-corrected chi connectivity index (χ3v) is 3.60. The zero-order valence-corrected chi connectivity index (χ0v) is 14.7. The molecule has 2 rings (SSSR count). The summed E-state index contributed by atoms with van der Waals surface area (Å²) in [6, 6.07) is 6.83. The Hall–Kier alpha value is -2.34. The fraction of sp³-hybridized carbons (Fsp3) is 0.353. The van der Waals surface area contributed by atoms with Crippen LogP contribution in [0.2, 0.25) is 5.02 Å². The molecule has 0 spiro atoms. The predicted octanol–water partition coefficient (Wildman–Crippen LogP) is 3.66. The summed E-state index contributed by atoms with van der Waals surface area (Å²) in [6.07, 6.45) is 2.46. The Morgan fingerprint density at radius 2 is 2.12 bits per heavy atom. The second-order valence-electron chi connectivity index (χ2n) is 5.68. The van der Waals surface area contributed by atoms with Crippen molar-refractivity contribution < 1.29 is 9.53 Å². The van der Waals surface area contributed by atoms with E-state index in [0.717, 1.165) is 6.42 Å². The van der Waals surface area contributed by atoms with E-state index in [1.807, 2.05) is 0 Å². The highest BCUT2D eigenvalue weighted by molar-refractivity contribution is 6.32. The molecule has 24 heavy (non-hydrogen) atoms. The fourth-order valence-corrected chi connectivity index (χ4v) is 2.24. The number of nitrogens with zero attached hydrogens (tertiary/aromatic N) is 2. The van der Waals surface area contributed by atoms with E-state index in [9.17, 15) is 4.79 Å². The highest BCUT2D eigenvalue weighted by atomic mass is 35.5. The number of methoxy groups -OCH3 is 1. The van der Waals surface area contributed by atoms with Gasteiger partial charge in [-0.1, -0.05) is 25.4 Å². The molecule has 128 valence electrons. The van der Waals surface area contributed by atoms with Crippen LogP contribution in [0.15, 0.2) is 30.5 Å². The van der Waals surface area contributed by atoms with Gasteiger partial charge in [-0.25, -0.2) is 9.97 Å². The lowest BCUT2D eigenvalue weighted by atomic mass is 10.1. The Morgan fingerprint density at radius 1 is 1.33 bits per heavy atom. The minimum absolute atomic E-state index is 0.214. The average Bonchev–Trinajstić information content (AvgIpc) is 2.55. The van der Waals surface area contributed by atoms with Gasteiger partial charge in [-0.3, -0.25) is 4.79 Å². The monoisotopic (exact) mass is 348 g/mol. The molecule has 0 unspecified atom stereocenters. The fourth-order valence-electron chi connectivity index (χ4n) is 1.98. The van der Waals surface area contributed by atoms with E-state index in [1.54, 1.807) is 31.4 Å². The highest BCUT2D eigenvalue weighted by Gasteiger charge is 2.09. The van der Waals surface area contributed by atoms with Gasteiger partial charge in [0.05, 0.1) is 12.1 Å². The molecule has 0 aliphatic rings. The van der Waals surface area contributed by atoms with E-state index in [2.05, 4.69) is 34.4 Å². The van der Waals surface area contributed by atoms with Gasteiger partial charge in [0, 0.05) is 18.4 Å². The molecular formula is C17H21ClN4O2. The zero-order chi connectivity index (χ0) is 17.5. The van der Waals surface area contributed by atoms with Gasteiger partial charge in [0.1, 0.15) is 11.4 Å². The van der Waals surface area contributed by atoms with Crippen molar-refractivity contribution in [2.24, 2.45) is 5.92 Å². The summed E-state index contributed by atoms with van der Waals surface area (Å²) >= 11 is 6.09. The first-order valence-electron chi connectivity index (χ1n) is 7.71. The lowest BCUT2D eigenvalue weighted by Gasteiger charge is -2.09. The van der Waals surface area contributed by atoms with Gasteiger partial charge in [0.25, 0.3) is 5.91 Å². The largest absolute Gasteiger partial charge is 0.495 e. The van der Waals surface area contributed by atoms with Crippen molar-refractivity contribution in [1.82, 2.24) is 15.3 Å². The first-order valence-corrected chi connectivity index (χ1v) is 8.09. The molecule has 1 heterocycles. The van der Waals surface area contributed by atoms with Gasteiger partial charge >= 0.3 is 0 Å². The lowest BCUT2D eigenvalue weighted by molar-refractivity contribution is 0.0947. The molecule has 0 bridgehead atoms. The molecule has 2 N–H and O–H groups in total. The molecule has 0 saturated carbocycles. The number of anilines is 2. The maximum Gasteiger partial charge on any atom is 0.270 e. The van der Waals surface area contributed by atoms with Crippen molar-refractivity contribution in [1.29, 1.82) is 0 Å². The van der Waals surface area contributed by atoms with Gasteiger partial charge in [-0.15, -0.1) is 0 Å². The van der Waals surface area contributed by atoms with Crippen molar-refractivity contribution in [3.8, 4) is 5.75 Å². The van der Waals surface area contributed by atoms with Crippen molar-refractivity contribution in [3.63, 3.8) is 0 Å². The third-order valence-electron chi connectivity index (χ3n) is 3.30. The molecule has 1 amide bonds. The second kappa shape index (κ2) is 8.49. The van der Waals surface area contributed by atoms with Crippen LogP contribution in [0.1, 0.15) is 30.8 Å². The molecule has 1 aromatic carbocycles. The van der Waals surface area contributed by atoms with Crippen molar-refractivity contribution in [2.75, 3.05) is 19.0 Å². The normalized spacial score (nSPS) is 10.5. The minimum Gasteiger partial charge on any atom is -0.495 e. The number of nitrogens with one attached hydrogen (secondary N) is 2. The van der Waals surface area contributed by atoms with E-state index < -0.39 is 0 Å². The number of ether oxygens (including phenoxy) is 1. The summed E-state index contributed by atoms with van der Waals surface area (Å²) in [7, 11) is 1.55. The number of halogens is 1. The molecular weight excluding hydrogens is 328 g/mol. The molecule has 7 heteroatoms. The van der Waals surface area contributed by atoms with Crippen LogP contribution >= 0.6 is 11.6 Å². The van der Waals surface area contributed by atoms with Crippen LogP contribution in [0, 0.1) is 5.92 Å². The zero-order valence-electron chi connectivity index (χ0n) is 14.0. The first-order chi connectivity index (χ1) is 11.5. The van der Waals surface area contributed by atoms with Gasteiger partial charge in [-0.2, -0.15) is 0 Å². The Balaban J connectivity index is 2.04. The molecule has 2 aromatic rings. The Labute approximate surface area is 146 Å². The molecule has 0 aliphatic heterocycles. The van der Waals surface area contributed by atoms with Gasteiger partial charge in [0.2, 0.25) is 5.95 Å². The quantitative estimate of drug-likeness (QED) is 0.798. The number of benzene rings is 1. The highest BCUT2D eigenvalue weighted by Crippen LogP contribution is 2.28. The number of aromatic nitrogens is 2.